The van der Waals surface area contributed by atoms with Gasteiger partial charge in [0.15, 0.2) is 0 Å². The third-order valence-electron chi connectivity index (χ3n) is 5.22. The number of nitrogens with zero attached hydrogens (tertiary/aromatic N) is 1. The van der Waals surface area contributed by atoms with Crippen molar-refractivity contribution in [3.05, 3.63) is 29.6 Å². The van der Waals surface area contributed by atoms with E-state index in [9.17, 15) is 9.59 Å². The molecule has 0 saturated heterocycles. The summed E-state index contributed by atoms with van der Waals surface area (Å²) >= 11 is 1.61. The average molecular weight is 373 g/mol. The van der Waals surface area contributed by atoms with Crippen LogP contribution in [-0.2, 0) is 4.79 Å². The number of hydrogen-bond donors (Lipinski definition) is 3. The summed E-state index contributed by atoms with van der Waals surface area (Å²) < 4.78 is 1.08. The van der Waals surface area contributed by atoms with E-state index in [0.29, 0.717) is 5.92 Å². The van der Waals surface area contributed by atoms with Crippen molar-refractivity contribution in [2.45, 2.75) is 37.8 Å². The Morgan fingerprint density at radius 3 is 2.77 bits per heavy atom. The summed E-state index contributed by atoms with van der Waals surface area (Å²) in [6, 6.07) is 8.09. The second-order valence-electron chi connectivity index (χ2n) is 7.33. The van der Waals surface area contributed by atoms with Crippen molar-refractivity contribution in [1.29, 1.82) is 0 Å². The first-order chi connectivity index (χ1) is 12.6. The van der Waals surface area contributed by atoms with Gasteiger partial charge < -0.3 is 15.7 Å². The molecule has 0 aliphatic heterocycles. The van der Waals surface area contributed by atoms with Crippen LogP contribution in [0.15, 0.2) is 29.6 Å². The third kappa shape index (κ3) is 3.99. The highest BCUT2D eigenvalue weighted by molar-refractivity contribution is 7.17. The standard InChI is InChI=1S/C19H23N3O3S/c23-17(24)11-22(10-12-4-5-12)15-8-14(9-15)20-19(25)21-16-3-1-2-13-6-7-26-18(13)16/h1-3,6-7,12,14-15H,4-5,8-11H2,(H,23,24)(H2,20,21,25). The molecule has 1 aromatic heterocycles. The molecule has 6 nitrogen and oxygen atoms in total. The number of thiophene rings is 1. The van der Waals surface area contributed by atoms with Crippen LogP contribution in [-0.4, -0.2) is 47.2 Å². The Kier molecular flexibility index (Phi) is 4.82. The van der Waals surface area contributed by atoms with E-state index in [1.165, 1.54) is 12.8 Å². The second kappa shape index (κ2) is 7.25. The summed E-state index contributed by atoms with van der Waals surface area (Å²) in [6.45, 7) is 0.969. The van der Waals surface area contributed by atoms with Crippen LogP contribution >= 0.6 is 11.3 Å². The number of carbonyl (C=O) groups excluding carboxylic acids is 1. The van der Waals surface area contributed by atoms with Crippen molar-refractivity contribution < 1.29 is 14.7 Å². The van der Waals surface area contributed by atoms with Gasteiger partial charge in [-0.25, -0.2) is 4.79 Å². The number of amides is 2. The molecular formula is C19H23N3O3S. The van der Waals surface area contributed by atoms with E-state index in [-0.39, 0.29) is 24.7 Å². The van der Waals surface area contributed by atoms with Gasteiger partial charge in [0.05, 0.1) is 16.9 Å². The minimum Gasteiger partial charge on any atom is -0.480 e. The normalized spacial score (nSPS) is 22.2. The number of nitrogens with one attached hydrogen (secondary N) is 2. The molecule has 2 saturated carbocycles. The van der Waals surface area contributed by atoms with Crippen molar-refractivity contribution in [3.8, 4) is 0 Å². The summed E-state index contributed by atoms with van der Waals surface area (Å²) in [7, 11) is 0. The zero-order valence-electron chi connectivity index (χ0n) is 14.5. The number of anilines is 1. The predicted octanol–water partition coefficient (Wildman–Crippen LogP) is 3.35. The van der Waals surface area contributed by atoms with Crippen molar-refractivity contribution in [2.24, 2.45) is 5.92 Å². The number of fused-ring (bicyclic) bond motifs is 1. The van der Waals surface area contributed by atoms with Crippen molar-refractivity contribution in [1.82, 2.24) is 10.2 Å². The maximum atomic E-state index is 12.3. The third-order valence-corrected chi connectivity index (χ3v) is 6.18. The molecule has 0 bridgehead atoms. The van der Waals surface area contributed by atoms with Crippen LogP contribution in [0.1, 0.15) is 25.7 Å². The molecule has 2 fully saturated rings. The largest absolute Gasteiger partial charge is 0.480 e. The highest BCUT2D eigenvalue weighted by atomic mass is 32.1. The SMILES string of the molecule is O=C(O)CN(CC1CC1)C1CC(NC(=O)Nc2cccc3ccsc23)C1. The lowest BCUT2D eigenvalue weighted by atomic mass is 9.85. The first-order valence-electron chi connectivity index (χ1n) is 9.08. The Morgan fingerprint density at radius 2 is 2.04 bits per heavy atom. The molecule has 138 valence electrons. The van der Waals surface area contributed by atoms with Crippen LogP contribution in [0.25, 0.3) is 10.1 Å². The van der Waals surface area contributed by atoms with E-state index in [0.717, 1.165) is 35.2 Å². The summed E-state index contributed by atoms with van der Waals surface area (Å²) in [6.07, 6.45) is 4.05. The lowest BCUT2D eigenvalue weighted by molar-refractivity contribution is -0.139. The quantitative estimate of drug-likeness (QED) is 0.695. The second-order valence-corrected chi connectivity index (χ2v) is 8.25. The van der Waals surface area contributed by atoms with Crippen LogP contribution < -0.4 is 10.6 Å². The van der Waals surface area contributed by atoms with Gasteiger partial charge in [-0.3, -0.25) is 9.69 Å². The van der Waals surface area contributed by atoms with Crippen LogP contribution in [0.2, 0.25) is 0 Å². The van der Waals surface area contributed by atoms with Gasteiger partial charge in [-0.15, -0.1) is 11.3 Å². The van der Waals surface area contributed by atoms with E-state index >= 15 is 0 Å². The van der Waals surface area contributed by atoms with Gasteiger partial charge in [0.25, 0.3) is 0 Å². The molecular weight excluding hydrogens is 350 g/mol. The lowest BCUT2D eigenvalue weighted by Gasteiger charge is -2.42. The molecule has 4 rings (SSSR count). The summed E-state index contributed by atoms with van der Waals surface area (Å²) in [5.74, 6) is -0.111. The highest BCUT2D eigenvalue weighted by Gasteiger charge is 2.37. The molecule has 1 aromatic carbocycles. The van der Waals surface area contributed by atoms with Gasteiger partial charge in [-0.1, -0.05) is 12.1 Å². The Morgan fingerprint density at radius 1 is 1.23 bits per heavy atom. The number of aliphatic carboxylic acids is 1. The fraction of sp³-hybridized carbons (Fsp3) is 0.474. The molecule has 3 N–H and O–H groups in total. The number of urea groups is 1. The number of carboxylic acid groups (broad SMARTS) is 1. The van der Waals surface area contributed by atoms with E-state index in [1.807, 2.05) is 29.6 Å². The number of hydrogen-bond acceptors (Lipinski definition) is 4. The fourth-order valence-corrected chi connectivity index (χ4v) is 4.46. The van der Waals surface area contributed by atoms with E-state index < -0.39 is 5.97 Å². The zero-order chi connectivity index (χ0) is 18.1. The van der Waals surface area contributed by atoms with Crippen molar-refractivity contribution in [2.75, 3.05) is 18.4 Å². The molecule has 26 heavy (non-hydrogen) atoms. The topological polar surface area (TPSA) is 81.7 Å². The molecule has 7 heteroatoms. The average Bonchev–Trinajstić information content (AvgIpc) is 3.22. The smallest absolute Gasteiger partial charge is 0.319 e. The first kappa shape index (κ1) is 17.3. The highest BCUT2D eigenvalue weighted by Crippen LogP contribution is 2.34. The monoisotopic (exact) mass is 373 g/mol. The molecule has 0 atom stereocenters. The number of rotatable bonds is 7. The predicted molar refractivity (Wildman–Crippen MR) is 103 cm³/mol. The molecule has 2 amide bonds. The molecule has 0 unspecified atom stereocenters. The Labute approximate surface area is 156 Å². The minimum atomic E-state index is -0.774. The van der Waals surface area contributed by atoms with Crippen molar-refractivity contribution in [3.63, 3.8) is 0 Å². The first-order valence-corrected chi connectivity index (χ1v) is 9.96. The summed E-state index contributed by atoms with van der Waals surface area (Å²) in [5.41, 5.74) is 0.826. The fourth-order valence-electron chi connectivity index (χ4n) is 3.59. The van der Waals surface area contributed by atoms with E-state index in [1.54, 1.807) is 11.3 Å². The van der Waals surface area contributed by atoms with Crippen LogP contribution in [0.4, 0.5) is 10.5 Å². The van der Waals surface area contributed by atoms with Gasteiger partial charge in [-0.05, 0) is 54.5 Å². The molecule has 2 aliphatic rings. The summed E-state index contributed by atoms with van der Waals surface area (Å²) in [4.78, 5) is 25.5. The number of carbonyl (C=O) groups is 2. The number of carboxylic acids is 1. The Bertz CT molecular complexity index is 811. The Balaban J connectivity index is 1.28. The zero-order valence-corrected chi connectivity index (χ0v) is 15.3. The van der Waals surface area contributed by atoms with Crippen molar-refractivity contribution >= 4 is 39.1 Å². The molecule has 1 heterocycles. The van der Waals surface area contributed by atoms with Gasteiger partial charge >= 0.3 is 12.0 Å². The lowest BCUT2D eigenvalue weighted by Crippen LogP contribution is -2.55. The molecule has 2 aliphatic carbocycles. The van der Waals surface area contributed by atoms with Crippen LogP contribution in [0.3, 0.4) is 0 Å². The van der Waals surface area contributed by atoms with Crippen LogP contribution in [0, 0.1) is 5.92 Å². The van der Waals surface area contributed by atoms with Crippen LogP contribution in [0.5, 0.6) is 0 Å². The Hall–Kier alpha value is -2.12. The maximum Gasteiger partial charge on any atom is 0.319 e. The van der Waals surface area contributed by atoms with E-state index in [4.69, 9.17) is 5.11 Å². The molecule has 2 aromatic rings. The van der Waals surface area contributed by atoms with Gasteiger partial charge in [0, 0.05) is 18.6 Å². The van der Waals surface area contributed by atoms with E-state index in [2.05, 4.69) is 15.5 Å². The van der Waals surface area contributed by atoms with Gasteiger partial charge in [-0.2, -0.15) is 0 Å². The van der Waals surface area contributed by atoms with Gasteiger partial charge in [0.2, 0.25) is 0 Å². The molecule has 0 spiro atoms. The minimum absolute atomic E-state index is 0.0977. The number of benzene rings is 1. The van der Waals surface area contributed by atoms with Gasteiger partial charge in [0.1, 0.15) is 0 Å². The summed E-state index contributed by atoms with van der Waals surface area (Å²) in [5, 5.41) is 18.2. The maximum absolute atomic E-state index is 12.3. The molecule has 0 radical (unpaired) electrons.